The van der Waals surface area contributed by atoms with Gasteiger partial charge in [0.2, 0.25) is 0 Å². The van der Waals surface area contributed by atoms with Crippen LogP contribution >= 0.6 is 0 Å². The molecule has 2 aliphatic heterocycles. The molecule has 0 aromatic carbocycles. The number of amides is 1. The fraction of sp³-hybridized carbons (Fsp3) is 0.636. The van der Waals surface area contributed by atoms with Crippen molar-refractivity contribution in [3.05, 3.63) is 12.7 Å². The first-order valence-electron chi connectivity index (χ1n) is 5.37. The Bertz CT molecular complexity index is 372. The average molecular weight is 241 g/mol. The van der Waals surface area contributed by atoms with Crippen LogP contribution in [0.5, 0.6) is 0 Å². The Kier molecular flexibility index (Phi) is 2.61. The predicted molar refractivity (Wildman–Crippen MR) is 57.6 cm³/mol. The maximum absolute atomic E-state index is 11.4. The van der Waals surface area contributed by atoms with Gasteiger partial charge < -0.3 is 19.9 Å². The van der Waals surface area contributed by atoms with Crippen molar-refractivity contribution in [3.63, 3.8) is 0 Å². The Labute approximate surface area is 98.6 Å². The van der Waals surface area contributed by atoms with Gasteiger partial charge >= 0.3 is 12.1 Å². The van der Waals surface area contributed by atoms with Crippen LogP contribution in [0.2, 0.25) is 0 Å². The van der Waals surface area contributed by atoms with Gasteiger partial charge in [0.15, 0.2) is 6.10 Å². The number of fused-ring (bicyclic) bond motifs is 1. The zero-order valence-electron chi connectivity index (χ0n) is 9.56. The van der Waals surface area contributed by atoms with E-state index in [1.165, 1.54) is 6.08 Å². The molecule has 2 heterocycles. The van der Waals surface area contributed by atoms with Crippen LogP contribution in [0.3, 0.4) is 0 Å². The Hall–Kier alpha value is -1.56. The van der Waals surface area contributed by atoms with Gasteiger partial charge in [-0.25, -0.2) is 9.59 Å². The molecule has 0 aromatic heterocycles. The lowest BCUT2D eigenvalue weighted by atomic mass is 9.67. The minimum absolute atomic E-state index is 0.0950. The quantitative estimate of drug-likeness (QED) is 0.707. The van der Waals surface area contributed by atoms with E-state index in [4.69, 9.17) is 14.6 Å². The molecule has 1 saturated carbocycles. The number of aliphatic carboxylic acids is 1. The SMILES string of the molecule is C=CCOC(=O)NC12CC(C)(C1)OC2C(=O)O. The van der Waals surface area contributed by atoms with Crippen LogP contribution in [0.1, 0.15) is 19.8 Å². The van der Waals surface area contributed by atoms with Crippen LogP contribution in [0, 0.1) is 0 Å². The molecule has 6 heteroatoms. The average Bonchev–Trinajstić information content (AvgIpc) is 2.62. The normalized spacial score (nSPS) is 38.1. The molecule has 94 valence electrons. The molecule has 2 N–H and O–H groups in total. The second-order valence-corrected chi connectivity index (χ2v) is 4.81. The van der Waals surface area contributed by atoms with E-state index in [0.717, 1.165) is 0 Å². The largest absolute Gasteiger partial charge is 0.479 e. The van der Waals surface area contributed by atoms with Gasteiger partial charge in [0.25, 0.3) is 0 Å². The first kappa shape index (κ1) is 11.9. The summed E-state index contributed by atoms with van der Waals surface area (Å²) in [7, 11) is 0. The van der Waals surface area contributed by atoms with E-state index in [9.17, 15) is 9.59 Å². The molecule has 3 aliphatic rings. The molecule has 1 amide bonds. The molecular weight excluding hydrogens is 226 g/mol. The van der Waals surface area contributed by atoms with Gasteiger partial charge in [0.05, 0.1) is 11.1 Å². The lowest BCUT2D eigenvalue weighted by Crippen LogP contribution is -2.62. The maximum Gasteiger partial charge on any atom is 0.407 e. The number of carbonyl (C=O) groups is 2. The highest BCUT2D eigenvalue weighted by Gasteiger charge is 2.69. The molecule has 3 fully saturated rings. The summed E-state index contributed by atoms with van der Waals surface area (Å²) in [6.07, 6.45) is 0.815. The summed E-state index contributed by atoms with van der Waals surface area (Å²) in [4.78, 5) is 22.5. The minimum Gasteiger partial charge on any atom is -0.479 e. The van der Waals surface area contributed by atoms with Gasteiger partial charge in [-0.1, -0.05) is 12.7 Å². The molecule has 1 aliphatic carbocycles. The first-order valence-corrected chi connectivity index (χ1v) is 5.37. The van der Waals surface area contributed by atoms with Crippen LogP contribution in [-0.2, 0) is 14.3 Å². The Morgan fingerprint density at radius 2 is 2.29 bits per heavy atom. The molecule has 6 nitrogen and oxygen atoms in total. The van der Waals surface area contributed by atoms with E-state index in [0.29, 0.717) is 12.8 Å². The van der Waals surface area contributed by atoms with Crippen molar-refractivity contribution in [2.24, 2.45) is 0 Å². The number of carboxylic acids is 1. The van der Waals surface area contributed by atoms with E-state index in [-0.39, 0.29) is 6.61 Å². The van der Waals surface area contributed by atoms with Crippen LogP contribution in [-0.4, -0.2) is 41.0 Å². The summed E-state index contributed by atoms with van der Waals surface area (Å²) in [6, 6.07) is 0. The standard InChI is InChI=1S/C11H15NO5/c1-3-4-16-9(15)12-11-5-10(2,6-11)17-7(11)8(13)14/h3,7H,1,4-6H2,2H3,(H,12,15)(H,13,14). The summed E-state index contributed by atoms with van der Waals surface area (Å²) in [6.45, 7) is 5.36. The topological polar surface area (TPSA) is 84.9 Å². The van der Waals surface area contributed by atoms with Crippen molar-refractivity contribution in [3.8, 4) is 0 Å². The number of rotatable bonds is 4. The van der Waals surface area contributed by atoms with Gasteiger partial charge in [-0.3, -0.25) is 0 Å². The van der Waals surface area contributed by atoms with Gasteiger partial charge in [-0.2, -0.15) is 0 Å². The number of alkyl carbamates (subject to hydrolysis) is 1. The first-order chi connectivity index (χ1) is 7.91. The molecule has 1 atom stereocenters. The highest BCUT2D eigenvalue weighted by atomic mass is 16.6. The fourth-order valence-electron chi connectivity index (χ4n) is 2.76. The predicted octanol–water partition coefficient (Wildman–Crippen LogP) is 0.673. The lowest BCUT2D eigenvalue weighted by Gasteiger charge is -2.42. The molecule has 2 saturated heterocycles. The number of carbonyl (C=O) groups excluding carboxylic acids is 1. The van der Waals surface area contributed by atoms with Crippen molar-refractivity contribution < 1.29 is 24.2 Å². The molecule has 1 unspecified atom stereocenters. The molecule has 0 spiro atoms. The monoisotopic (exact) mass is 241 g/mol. The molecule has 2 bridgehead atoms. The van der Waals surface area contributed by atoms with Crippen molar-refractivity contribution in [2.45, 2.75) is 37.0 Å². The number of ether oxygens (including phenoxy) is 2. The number of carboxylic acid groups (broad SMARTS) is 1. The molecule has 3 rings (SSSR count). The summed E-state index contributed by atoms with van der Waals surface area (Å²) >= 11 is 0. The van der Waals surface area contributed by atoms with Gasteiger partial charge in [-0.15, -0.1) is 0 Å². The van der Waals surface area contributed by atoms with Crippen molar-refractivity contribution in [2.75, 3.05) is 6.61 Å². The van der Waals surface area contributed by atoms with Crippen LogP contribution in [0.25, 0.3) is 0 Å². The molecular formula is C11H15NO5. The number of hydrogen-bond donors (Lipinski definition) is 2. The van der Waals surface area contributed by atoms with Gasteiger partial charge in [-0.05, 0) is 6.92 Å². The zero-order valence-corrected chi connectivity index (χ0v) is 9.56. The second-order valence-electron chi connectivity index (χ2n) is 4.81. The second kappa shape index (κ2) is 3.73. The van der Waals surface area contributed by atoms with E-state index in [1.807, 2.05) is 6.92 Å². The summed E-state index contributed by atoms with van der Waals surface area (Å²) in [5.41, 5.74) is -1.26. The zero-order chi connectivity index (χ0) is 12.7. The molecule has 0 radical (unpaired) electrons. The highest BCUT2D eigenvalue weighted by Crippen LogP contribution is 2.55. The molecule has 17 heavy (non-hydrogen) atoms. The maximum atomic E-state index is 11.4. The van der Waals surface area contributed by atoms with Crippen molar-refractivity contribution >= 4 is 12.1 Å². The van der Waals surface area contributed by atoms with E-state index < -0.39 is 29.3 Å². The summed E-state index contributed by atoms with van der Waals surface area (Å²) in [5, 5.41) is 11.6. The Morgan fingerprint density at radius 3 is 2.82 bits per heavy atom. The van der Waals surface area contributed by atoms with Gasteiger partial charge in [0.1, 0.15) is 6.61 Å². The Balaban J connectivity index is 2.02. The van der Waals surface area contributed by atoms with Crippen LogP contribution in [0.15, 0.2) is 12.7 Å². The minimum atomic E-state index is -1.06. The van der Waals surface area contributed by atoms with Crippen molar-refractivity contribution in [1.82, 2.24) is 5.32 Å². The highest BCUT2D eigenvalue weighted by molar-refractivity contribution is 5.79. The summed E-state index contributed by atoms with van der Waals surface area (Å²) in [5.74, 6) is -1.06. The van der Waals surface area contributed by atoms with E-state index >= 15 is 0 Å². The smallest absolute Gasteiger partial charge is 0.407 e. The number of nitrogens with one attached hydrogen (secondary N) is 1. The Morgan fingerprint density at radius 1 is 1.65 bits per heavy atom. The van der Waals surface area contributed by atoms with E-state index in [2.05, 4.69) is 11.9 Å². The van der Waals surface area contributed by atoms with Crippen molar-refractivity contribution in [1.29, 1.82) is 0 Å². The van der Waals surface area contributed by atoms with Crippen LogP contribution < -0.4 is 5.32 Å². The van der Waals surface area contributed by atoms with Gasteiger partial charge in [0, 0.05) is 12.8 Å². The third-order valence-electron chi connectivity index (χ3n) is 3.19. The fourth-order valence-corrected chi connectivity index (χ4v) is 2.76. The third kappa shape index (κ3) is 1.88. The summed E-state index contributed by atoms with van der Waals surface area (Å²) < 4.78 is 10.2. The number of hydrogen-bond acceptors (Lipinski definition) is 4. The van der Waals surface area contributed by atoms with Crippen LogP contribution in [0.4, 0.5) is 4.79 Å². The molecule has 0 aromatic rings. The third-order valence-corrected chi connectivity index (χ3v) is 3.19. The lowest BCUT2D eigenvalue weighted by molar-refractivity contribution is -0.150. The van der Waals surface area contributed by atoms with E-state index in [1.54, 1.807) is 0 Å².